The maximum atomic E-state index is 14.4. The molecule has 1 aromatic heterocycles. The number of hydrogen-bond donors (Lipinski definition) is 0. The number of rotatable bonds is 5. The molecule has 1 fully saturated rings. The molecule has 180 valence electrons. The van der Waals surface area contributed by atoms with Gasteiger partial charge in [0, 0.05) is 12.1 Å². The zero-order valence-electron chi connectivity index (χ0n) is 18.6. The van der Waals surface area contributed by atoms with Gasteiger partial charge >= 0.3 is 12.1 Å². The van der Waals surface area contributed by atoms with Crippen LogP contribution in [0.15, 0.2) is 41.0 Å². The fourth-order valence-corrected chi connectivity index (χ4v) is 4.38. The molecule has 0 unspecified atom stereocenters. The van der Waals surface area contributed by atoms with Crippen LogP contribution in [0.1, 0.15) is 57.7 Å². The van der Waals surface area contributed by atoms with E-state index in [1.807, 2.05) is 12.1 Å². The maximum absolute atomic E-state index is 14.4. The maximum Gasteiger partial charge on any atom is 0.419 e. The van der Waals surface area contributed by atoms with Crippen LogP contribution in [0.25, 0.3) is 0 Å². The van der Waals surface area contributed by atoms with E-state index in [2.05, 4.69) is 20.9 Å². The summed E-state index contributed by atoms with van der Waals surface area (Å²) in [7, 11) is 0. The number of aromatic nitrogens is 1. The predicted octanol–water partition coefficient (Wildman–Crippen LogP) is 6.89. The lowest BCUT2D eigenvalue weighted by atomic mass is 9.70. The molecule has 2 aromatic rings. The van der Waals surface area contributed by atoms with Crippen LogP contribution >= 0.6 is 15.9 Å². The van der Waals surface area contributed by atoms with E-state index in [-0.39, 0.29) is 5.97 Å². The first kappa shape index (κ1) is 25.5. The minimum absolute atomic E-state index is 0.347. The summed E-state index contributed by atoms with van der Waals surface area (Å²) in [5.41, 5.74) is -2.17. The Bertz CT molecular complexity index is 996. The van der Waals surface area contributed by atoms with Gasteiger partial charge in [0.25, 0.3) is 0 Å². The molecular weight excluding hydrogens is 506 g/mol. The number of benzene rings is 1. The van der Waals surface area contributed by atoms with Crippen molar-refractivity contribution in [3.05, 3.63) is 58.1 Å². The van der Waals surface area contributed by atoms with Crippen LogP contribution in [0.4, 0.5) is 17.6 Å². The average molecular weight is 532 g/mol. The number of pyridine rings is 1. The quantitative estimate of drug-likeness (QED) is 0.239. The standard InChI is InChI=1S/C24H26BrF4NO3/c1-22(2,3)33-21(31)23(14-15-6-4-9-19(25)30-15)12-10-16(11-13-23)32-18-8-5-7-17(20(18)26)24(27,28)29/h4-9,16H,10-14H2,1-3H3/t16-,23-. The highest BCUT2D eigenvalue weighted by Crippen LogP contribution is 2.43. The van der Waals surface area contributed by atoms with Gasteiger partial charge in [0.15, 0.2) is 11.6 Å². The van der Waals surface area contributed by atoms with E-state index < -0.39 is 40.4 Å². The van der Waals surface area contributed by atoms with Crippen molar-refractivity contribution in [2.24, 2.45) is 5.41 Å². The van der Waals surface area contributed by atoms with Crippen LogP contribution in [0.3, 0.4) is 0 Å². The lowest BCUT2D eigenvalue weighted by Gasteiger charge is -2.39. The van der Waals surface area contributed by atoms with Gasteiger partial charge in [-0.1, -0.05) is 12.1 Å². The van der Waals surface area contributed by atoms with Crippen molar-refractivity contribution in [2.75, 3.05) is 0 Å². The molecule has 0 atom stereocenters. The molecule has 1 aliphatic carbocycles. The summed E-state index contributed by atoms with van der Waals surface area (Å²) in [5, 5.41) is 0. The highest BCUT2D eigenvalue weighted by atomic mass is 79.9. The largest absolute Gasteiger partial charge is 0.487 e. The van der Waals surface area contributed by atoms with Gasteiger partial charge < -0.3 is 9.47 Å². The van der Waals surface area contributed by atoms with E-state index >= 15 is 0 Å². The van der Waals surface area contributed by atoms with Crippen LogP contribution < -0.4 is 4.74 Å². The molecule has 0 spiro atoms. The van der Waals surface area contributed by atoms with E-state index in [1.54, 1.807) is 26.8 Å². The molecule has 4 nitrogen and oxygen atoms in total. The van der Waals surface area contributed by atoms with E-state index in [1.165, 1.54) is 6.07 Å². The van der Waals surface area contributed by atoms with Gasteiger partial charge in [-0.2, -0.15) is 13.2 Å². The SMILES string of the molecule is CC(C)(C)OC(=O)[C@]1(Cc2cccc(Br)n2)CC[C@@H](Oc2cccc(C(F)(F)F)c2F)CC1. The number of alkyl halides is 3. The Hall–Kier alpha value is -2.16. The van der Waals surface area contributed by atoms with Gasteiger partial charge in [-0.3, -0.25) is 4.79 Å². The van der Waals surface area contributed by atoms with Crippen molar-refractivity contribution in [2.45, 2.75) is 70.8 Å². The fourth-order valence-electron chi connectivity index (χ4n) is 4.00. The van der Waals surface area contributed by atoms with Crippen LogP contribution in [0, 0.1) is 11.2 Å². The summed E-state index contributed by atoms with van der Waals surface area (Å²) in [6.07, 6.45) is -3.49. The molecule has 0 bridgehead atoms. The first-order valence-electron chi connectivity index (χ1n) is 10.7. The van der Waals surface area contributed by atoms with Crippen LogP contribution in [0.5, 0.6) is 5.75 Å². The summed E-state index contributed by atoms with van der Waals surface area (Å²) in [6, 6.07) is 8.44. The van der Waals surface area contributed by atoms with Gasteiger partial charge in [0.05, 0.1) is 17.1 Å². The third-order valence-electron chi connectivity index (χ3n) is 5.58. The second-order valence-electron chi connectivity index (χ2n) is 9.34. The highest BCUT2D eigenvalue weighted by molar-refractivity contribution is 9.10. The van der Waals surface area contributed by atoms with Crippen molar-refractivity contribution in [3.8, 4) is 5.75 Å². The molecule has 0 aliphatic heterocycles. The molecule has 3 rings (SSSR count). The minimum atomic E-state index is -4.81. The van der Waals surface area contributed by atoms with E-state index in [0.717, 1.165) is 11.8 Å². The number of ether oxygens (including phenoxy) is 2. The van der Waals surface area contributed by atoms with Crippen molar-refractivity contribution in [1.29, 1.82) is 0 Å². The van der Waals surface area contributed by atoms with Crippen molar-refractivity contribution in [3.63, 3.8) is 0 Å². The second-order valence-corrected chi connectivity index (χ2v) is 10.2. The van der Waals surface area contributed by atoms with Crippen molar-refractivity contribution < 1.29 is 31.8 Å². The van der Waals surface area contributed by atoms with Gasteiger partial charge in [0.2, 0.25) is 0 Å². The Morgan fingerprint density at radius 1 is 1.12 bits per heavy atom. The van der Waals surface area contributed by atoms with E-state index in [9.17, 15) is 22.4 Å². The summed E-state index contributed by atoms with van der Waals surface area (Å²) >= 11 is 3.34. The Morgan fingerprint density at radius 2 is 1.76 bits per heavy atom. The highest BCUT2D eigenvalue weighted by Gasteiger charge is 2.45. The van der Waals surface area contributed by atoms with Crippen molar-refractivity contribution >= 4 is 21.9 Å². The van der Waals surface area contributed by atoms with E-state index in [0.29, 0.717) is 42.8 Å². The molecule has 1 aromatic carbocycles. The number of esters is 1. The number of nitrogens with zero attached hydrogens (tertiary/aromatic N) is 1. The third kappa shape index (κ3) is 6.46. The zero-order chi connectivity index (χ0) is 24.4. The number of carbonyl (C=O) groups is 1. The van der Waals surface area contributed by atoms with Crippen LogP contribution in [-0.4, -0.2) is 22.7 Å². The van der Waals surface area contributed by atoms with Crippen LogP contribution in [0.2, 0.25) is 0 Å². The number of halogens is 5. The minimum Gasteiger partial charge on any atom is -0.487 e. The third-order valence-corrected chi connectivity index (χ3v) is 6.02. The monoisotopic (exact) mass is 531 g/mol. The summed E-state index contributed by atoms with van der Waals surface area (Å²) in [4.78, 5) is 17.7. The molecule has 0 radical (unpaired) electrons. The van der Waals surface area contributed by atoms with Gasteiger partial charge in [0.1, 0.15) is 10.2 Å². The Morgan fingerprint density at radius 3 is 2.33 bits per heavy atom. The first-order valence-corrected chi connectivity index (χ1v) is 11.5. The molecule has 9 heteroatoms. The molecule has 0 saturated heterocycles. The normalized spacial score (nSPS) is 21.5. The summed E-state index contributed by atoms with van der Waals surface area (Å²) in [6.45, 7) is 5.38. The Labute approximate surface area is 198 Å². The number of carbonyl (C=O) groups excluding carboxylic acids is 1. The van der Waals surface area contributed by atoms with Gasteiger partial charge in [-0.05, 0) is 86.6 Å². The smallest absolute Gasteiger partial charge is 0.419 e. The molecule has 0 amide bonds. The topological polar surface area (TPSA) is 48.4 Å². The first-order chi connectivity index (χ1) is 15.3. The lowest BCUT2D eigenvalue weighted by molar-refractivity contribution is -0.171. The van der Waals surface area contributed by atoms with Gasteiger partial charge in [-0.25, -0.2) is 9.37 Å². The predicted molar refractivity (Wildman–Crippen MR) is 118 cm³/mol. The fraction of sp³-hybridized carbons (Fsp3) is 0.500. The van der Waals surface area contributed by atoms with Gasteiger partial charge in [-0.15, -0.1) is 0 Å². The zero-order valence-corrected chi connectivity index (χ0v) is 20.2. The molecule has 0 N–H and O–H groups in total. The van der Waals surface area contributed by atoms with E-state index in [4.69, 9.17) is 9.47 Å². The molecular formula is C24H26BrF4NO3. The Balaban J connectivity index is 1.78. The molecule has 1 saturated carbocycles. The summed E-state index contributed by atoms with van der Waals surface area (Å²) < 4.78 is 65.4. The molecule has 1 heterocycles. The molecule has 33 heavy (non-hydrogen) atoms. The Kier molecular flexibility index (Phi) is 7.41. The van der Waals surface area contributed by atoms with Crippen molar-refractivity contribution in [1.82, 2.24) is 4.98 Å². The van der Waals surface area contributed by atoms with Crippen LogP contribution in [-0.2, 0) is 22.1 Å². The lowest BCUT2D eigenvalue weighted by Crippen LogP contribution is -2.44. The average Bonchev–Trinajstić information content (AvgIpc) is 2.69. The summed E-state index contributed by atoms with van der Waals surface area (Å²) in [5.74, 6) is -2.21. The number of hydrogen-bond acceptors (Lipinski definition) is 4. The second kappa shape index (κ2) is 9.60. The molecule has 1 aliphatic rings.